The van der Waals surface area contributed by atoms with Crippen LogP contribution < -0.4 is 0 Å². The Labute approximate surface area is 73.4 Å². The Kier molecular flexibility index (Phi) is 4.58. The van der Waals surface area contributed by atoms with Crippen molar-refractivity contribution in [2.75, 3.05) is 13.2 Å². The van der Waals surface area contributed by atoms with Crippen LogP contribution in [0.25, 0.3) is 0 Å². The SMILES string of the molecule is OCC(O)COC1CCCCC1. The summed E-state index contributed by atoms with van der Waals surface area (Å²) in [7, 11) is 0. The summed E-state index contributed by atoms with van der Waals surface area (Å²) in [6.07, 6.45) is 5.62. The predicted molar refractivity (Wildman–Crippen MR) is 45.9 cm³/mol. The molecule has 0 aromatic rings. The van der Waals surface area contributed by atoms with E-state index in [-0.39, 0.29) is 13.2 Å². The topological polar surface area (TPSA) is 49.7 Å². The average Bonchev–Trinajstić information content (AvgIpc) is 2.16. The first-order valence-corrected chi connectivity index (χ1v) is 4.73. The molecule has 0 bridgehead atoms. The van der Waals surface area contributed by atoms with Gasteiger partial charge in [0.05, 0.1) is 19.3 Å². The molecule has 3 nitrogen and oxygen atoms in total. The molecule has 1 fully saturated rings. The Hall–Kier alpha value is -0.120. The summed E-state index contributed by atoms with van der Waals surface area (Å²) in [4.78, 5) is 0. The maximum atomic E-state index is 9.01. The number of rotatable bonds is 4. The van der Waals surface area contributed by atoms with E-state index in [9.17, 15) is 0 Å². The van der Waals surface area contributed by atoms with Gasteiger partial charge in [-0.05, 0) is 12.8 Å². The van der Waals surface area contributed by atoms with E-state index in [1.807, 2.05) is 0 Å². The van der Waals surface area contributed by atoms with Gasteiger partial charge in [-0.1, -0.05) is 19.3 Å². The van der Waals surface area contributed by atoms with E-state index in [0.29, 0.717) is 6.10 Å². The highest BCUT2D eigenvalue weighted by atomic mass is 16.5. The monoisotopic (exact) mass is 174 g/mol. The van der Waals surface area contributed by atoms with Crippen molar-refractivity contribution in [3.63, 3.8) is 0 Å². The third kappa shape index (κ3) is 3.52. The molecule has 0 spiro atoms. The van der Waals surface area contributed by atoms with Crippen molar-refractivity contribution in [3.8, 4) is 0 Å². The van der Waals surface area contributed by atoms with Gasteiger partial charge in [0.25, 0.3) is 0 Å². The number of aliphatic hydroxyl groups excluding tert-OH is 2. The zero-order valence-electron chi connectivity index (χ0n) is 7.41. The largest absolute Gasteiger partial charge is 0.394 e. The second kappa shape index (κ2) is 5.51. The Morgan fingerprint density at radius 1 is 1.25 bits per heavy atom. The van der Waals surface area contributed by atoms with Crippen LogP contribution in [0.4, 0.5) is 0 Å². The molecule has 1 atom stereocenters. The van der Waals surface area contributed by atoms with Crippen molar-refractivity contribution < 1.29 is 14.9 Å². The first kappa shape index (κ1) is 9.96. The van der Waals surface area contributed by atoms with Crippen LogP contribution in [0.2, 0.25) is 0 Å². The molecular weight excluding hydrogens is 156 g/mol. The van der Waals surface area contributed by atoms with Crippen LogP contribution in [0.15, 0.2) is 0 Å². The van der Waals surface area contributed by atoms with Crippen molar-refractivity contribution >= 4 is 0 Å². The molecule has 1 rings (SSSR count). The van der Waals surface area contributed by atoms with E-state index in [1.54, 1.807) is 0 Å². The fourth-order valence-corrected chi connectivity index (χ4v) is 1.53. The normalized spacial score (nSPS) is 22.5. The molecule has 1 aliphatic rings. The first-order chi connectivity index (χ1) is 5.83. The van der Waals surface area contributed by atoms with E-state index < -0.39 is 6.10 Å². The second-order valence-corrected chi connectivity index (χ2v) is 3.43. The minimum absolute atomic E-state index is 0.202. The van der Waals surface area contributed by atoms with Gasteiger partial charge in [-0.3, -0.25) is 0 Å². The van der Waals surface area contributed by atoms with Gasteiger partial charge < -0.3 is 14.9 Å². The number of aliphatic hydroxyl groups is 2. The van der Waals surface area contributed by atoms with Crippen molar-refractivity contribution in [2.24, 2.45) is 0 Å². The summed E-state index contributed by atoms with van der Waals surface area (Å²) in [6.45, 7) is 0.0773. The Morgan fingerprint density at radius 3 is 2.50 bits per heavy atom. The van der Waals surface area contributed by atoms with Gasteiger partial charge >= 0.3 is 0 Å². The van der Waals surface area contributed by atoms with Gasteiger partial charge in [0, 0.05) is 0 Å². The Balaban J connectivity index is 2.05. The predicted octanol–water partition coefficient (Wildman–Crippen LogP) is 0.689. The van der Waals surface area contributed by atoms with Crippen LogP contribution in [0.5, 0.6) is 0 Å². The molecule has 1 saturated carbocycles. The summed E-state index contributed by atoms with van der Waals surface area (Å²) in [5.74, 6) is 0. The minimum Gasteiger partial charge on any atom is -0.394 e. The van der Waals surface area contributed by atoms with Crippen LogP contribution in [-0.2, 0) is 4.74 Å². The number of hydrogen-bond acceptors (Lipinski definition) is 3. The third-order valence-electron chi connectivity index (χ3n) is 2.29. The molecule has 3 heteroatoms. The minimum atomic E-state index is -0.702. The summed E-state index contributed by atoms with van der Waals surface area (Å²) < 4.78 is 5.43. The molecular formula is C9H18O3. The fraction of sp³-hybridized carbons (Fsp3) is 1.00. The highest BCUT2D eigenvalue weighted by Gasteiger charge is 2.14. The van der Waals surface area contributed by atoms with Crippen LogP contribution in [0.3, 0.4) is 0 Å². The summed E-state index contributed by atoms with van der Waals surface area (Å²) in [6, 6.07) is 0. The van der Waals surface area contributed by atoms with Crippen molar-refractivity contribution in [1.29, 1.82) is 0 Å². The smallest absolute Gasteiger partial charge is 0.100 e. The Bertz CT molecular complexity index is 110. The van der Waals surface area contributed by atoms with E-state index in [1.165, 1.54) is 19.3 Å². The zero-order chi connectivity index (χ0) is 8.81. The third-order valence-corrected chi connectivity index (χ3v) is 2.29. The maximum Gasteiger partial charge on any atom is 0.100 e. The summed E-state index contributed by atoms with van der Waals surface area (Å²) in [5.41, 5.74) is 0. The molecule has 72 valence electrons. The van der Waals surface area contributed by atoms with Crippen molar-refractivity contribution in [2.45, 2.75) is 44.3 Å². The van der Waals surface area contributed by atoms with Crippen LogP contribution in [-0.4, -0.2) is 35.6 Å². The average molecular weight is 174 g/mol. The van der Waals surface area contributed by atoms with E-state index in [0.717, 1.165) is 12.8 Å². The standard InChI is InChI=1S/C9H18O3/c10-6-8(11)7-12-9-4-2-1-3-5-9/h8-11H,1-7H2. The number of hydrogen-bond donors (Lipinski definition) is 2. The van der Waals surface area contributed by atoms with Crippen LogP contribution in [0.1, 0.15) is 32.1 Å². The maximum absolute atomic E-state index is 9.01. The van der Waals surface area contributed by atoms with Gasteiger partial charge in [-0.25, -0.2) is 0 Å². The van der Waals surface area contributed by atoms with E-state index in [4.69, 9.17) is 14.9 Å². The molecule has 0 aliphatic heterocycles. The molecule has 0 aromatic heterocycles. The van der Waals surface area contributed by atoms with E-state index >= 15 is 0 Å². The zero-order valence-corrected chi connectivity index (χ0v) is 7.41. The first-order valence-electron chi connectivity index (χ1n) is 4.73. The van der Waals surface area contributed by atoms with Crippen molar-refractivity contribution in [1.82, 2.24) is 0 Å². The van der Waals surface area contributed by atoms with Gasteiger partial charge in [0.2, 0.25) is 0 Å². The molecule has 0 amide bonds. The molecule has 12 heavy (non-hydrogen) atoms. The van der Waals surface area contributed by atoms with Gasteiger partial charge in [-0.15, -0.1) is 0 Å². The van der Waals surface area contributed by atoms with Crippen LogP contribution >= 0.6 is 0 Å². The molecule has 0 heterocycles. The quantitative estimate of drug-likeness (QED) is 0.659. The second-order valence-electron chi connectivity index (χ2n) is 3.43. The molecule has 0 aromatic carbocycles. The van der Waals surface area contributed by atoms with Crippen LogP contribution in [0, 0.1) is 0 Å². The fourth-order valence-electron chi connectivity index (χ4n) is 1.53. The van der Waals surface area contributed by atoms with E-state index in [2.05, 4.69) is 0 Å². The molecule has 1 unspecified atom stereocenters. The lowest BCUT2D eigenvalue weighted by Gasteiger charge is -2.22. The Morgan fingerprint density at radius 2 is 1.92 bits per heavy atom. The molecule has 1 aliphatic carbocycles. The van der Waals surface area contributed by atoms with Gasteiger partial charge in [0.15, 0.2) is 0 Å². The summed E-state index contributed by atoms with van der Waals surface area (Å²) >= 11 is 0. The molecule has 0 saturated heterocycles. The van der Waals surface area contributed by atoms with Gasteiger partial charge in [-0.2, -0.15) is 0 Å². The summed E-state index contributed by atoms with van der Waals surface area (Å²) in [5, 5.41) is 17.5. The van der Waals surface area contributed by atoms with Crippen molar-refractivity contribution in [3.05, 3.63) is 0 Å². The highest BCUT2D eigenvalue weighted by molar-refractivity contribution is 4.65. The molecule has 0 radical (unpaired) electrons. The highest BCUT2D eigenvalue weighted by Crippen LogP contribution is 2.20. The number of ether oxygens (including phenoxy) is 1. The van der Waals surface area contributed by atoms with Gasteiger partial charge in [0.1, 0.15) is 6.10 Å². The lowest BCUT2D eigenvalue weighted by atomic mass is 9.98. The lowest BCUT2D eigenvalue weighted by molar-refractivity contribution is -0.0396. The molecule has 2 N–H and O–H groups in total. The lowest BCUT2D eigenvalue weighted by Crippen LogP contribution is -2.25.